The zero-order valence-electron chi connectivity index (χ0n) is 9.10. The topological polar surface area (TPSA) is 68.3 Å². The van der Waals surface area contributed by atoms with E-state index in [1.807, 2.05) is 18.2 Å². The molecule has 0 saturated carbocycles. The van der Waals surface area contributed by atoms with Crippen LogP contribution in [0.25, 0.3) is 0 Å². The van der Waals surface area contributed by atoms with Gasteiger partial charge in [0.1, 0.15) is 6.54 Å². The van der Waals surface area contributed by atoms with Crippen LogP contribution in [-0.2, 0) is 20.7 Å². The number of nitrogens with one attached hydrogen (secondary N) is 1. The molecule has 0 spiro atoms. The van der Waals surface area contributed by atoms with Crippen LogP contribution < -0.4 is 5.32 Å². The Morgan fingerprint density at radius 1 is 1.44 bits per heavy atom. The van der Waals surface area contributed by atoms with Crippen LogP contribution in [0, 0.1) is 0 Å². The molecule has 0 atom stereocenters. The number of rotatable bonds is 5. The number of carbonyl (C=O) groups is 2. The van der Waals surface area contributed by atoms with Crippen LogP contribution in [0.1, 0.15) is 12.1 Å². The zero-order valence-corrected chi connectivity index (χ0v) is 9.10. The fraction of sp³-hybridized carbons (Fsp3) is 0.364. The Morgan fingerprint density at radius 3 is 2.88 bits per heavy atom. The number of methoxy groups -OCH3 is 1. The highest BCUT2D eigenvalue weighted by Crippen LogP contribution is 1.97. The molecule has 0 saturated heterocycles. The fourth-order valence-corrected chi connectivity index (χ4v) is 1.12. The van der Waals surface area contributed by atoms with E-state index in [2.05, 4.69) is 15.0 Å². The summed E-state index contributed by atoms with van der Waals surface area (Å²) in [5, 5.41) is 2.46. The minimum absolute atomic E-state index is 0.0858. The molecule has 1 heterocycles. The SMILES string of the molecule is COC(=O)CNC(=O)CCc1ccccn1. The van der Waals surface area contributed by atoms with Gasteiger partial charge in [0.15, 0.2) is 0 Å². The average molecular weight is 222 g/mol. The molecule has 0 aliphatic carbocycles. The molecule has 0 aliphatic heterocycles. The van der Waals surface area contributed by atoms with E-state index < -0.39 is 5.97 Å². The second-order valence-corrected chi connectivity index (χ2v) is 3.17. The van der Waals surface area contributed by atoms with E-state index in [-0.39, 0.29) is 12.5 Å². The summed E-state index contributed by atoms with van der Waals surface area (Å²) in [4.78, 5) is 26.1. The van der Waals surface area contributed by atoms with Gasteiger partial charge in [0.2, 0.25) is 5.91 Å². The molecule has 5 heteroatoms. The smallest absolute Gasteiger partial charge is 0.325 e. The number of ether oxygens (including phenoxy) is 1. The standard InChI is InChI=1S/C11H14N2O3/c1-16-11(15)8-13-10(14)6-5-9-4-2-3-7-12-9/h2-4,7H,5-6,8H2,1H3,(H,13,14). The van der Waals surface area contributed by atoms with Gasteiger partial charge in [-0.15, -0.1) is 0 Å². The van der Waals surface area contributed by atoms with E-state index in [0.29, 0.717) is 12.8 Å². The minimum atomic E-state index is -0.453. The number of nitrogens with zero attached hydrogens (tertiary/aromatic N) is 1. The van der Waals surface area contributed by atoms with Crippen LogP contribution in [0.15, 0.2) is 24.4 Å². The van der Waals surface area contributed by atoms with Gasteiger partial charge in [-0.25, -0.2) is 0 Å². The molecule has 5 nitrogen and oxygen atoms in total. The predicted molar refractivity (Wildman–Crippen MR) is 57.6 cm³/mol. The van der Waals surface area contributed by atoms with E-state index in [1.165, 1.54) is 7.11 Å². The van der Waals surface area contributed by atoms with Crippen molar-refractivity contribution in [1.82, 2.24) is 10.3 Å². The van der Waals surface area contributed by atoms with Crippen molar-refractivity contribution in [2.45, 2.75) is 12.8 Å². The predicted octanol–water partition coefficient (Wildman–Crippen LogP) is 0.303. The Labute approximate surface area is 93.8 Å². The van der Waals surface area contributed by atoms with Crippen LogP contribution in [-0.4, -0.2) is 30.5 Å². The third-order valence-corrected chi connectivity index (χ3v) is 1.99. The molecule has 16 heavy (non-hydrogen) atoms. The molecular weight excluding hydrogens is 208 g/mol. The summed E-state index contributed by atoms with van der Waals surface area (Å²) in [6.07, 6.45) is 2.56. The maximum Gasteiger partial charge on any atom is 0.325 e. The van der Waals surface area contributed by atoms with E-state index >= 15 is 0 Å². The second kappa shape index (κ2) is 6.55. The van der Waals surface area contributed by atoms with E-state index in [4.69, 9.17) is 0 Å². The summed E-state index contributed by atoms with van der Waals surface area (Å²) < 4.78 is 4.40. The molecule has 1 aromatic heterocycles. The van der Waals surface area contributed by atoms with Crippen LogP contribution in [0.4, 0.5) is 0 Å². The largest absolute Gasteiger partial charge is 0.468 e. The molecule has 1 aromatic rings. The fourth-order valence-electron chi connectivity index (χ4n) is 1.12. The molecule has 1 amide bonds. The van der Waals surface area contributed by atoms with Crippen molar-refractivity contribution >= 4 is 11.9 Å². The molecule has 0 aliphatic rings. The van der Waals surface area contributed by atoms with Crippen LogP contribution in [0.5, 0.6) is 0 Å². The van der Waals surface area contributed by atoms with E-state index in [0.717, 1.165) is 5.69 Å². The summed E-state index contributed by atoms with van der Waals surface area (Å²) in [5.41, 5.74) is 0.857. The zero-order chi connectivity index (χ0) is 11.8. The Hall–Kier alpha value is -1.91. The number of carbonyl (C=O) groups excluding carboxylic acids is 2. The van der Waals surface area contributed by atoms with E-state index in [1.54, 1.807) is 6.20 Å². The number of pyridine rings is 1. The molecule has 0 bridgehead atoms. The number of esters is 1. The Kier molecular flexibility index (Phi) is 4.98. The Balaban J connectivity index is 2.23. The van der Waals surface area contributed by atoms with Crippen LogP contribution >= 0.6 is 0 Å². The van der Waals surface area contributed by atoms with Crippen molar-refractivity contribution in [2.24, 2.45) is 0 Å². The van der Waals surface area contributed by atoms with Crippen molar-refractivity contribution in [2.75, 3.05) is 13.7 Å². The first-order valence-electron chi connectivity index (χ1n) is 4.96. The minimum Gasteiger partial charge on any atom is -0.468 e. The number of aryl methyl sites for hydroxylation is 1. The lowest BCUT2D eigenvalue weighted by atomic mass is 10.2. The Morgan fingerprint density at radius 2 is 2.25 bits per heavy atom. The summed E-state index contributed by atoms with van der Waals surface area (Å²) in [6.45, 7) is -0.0858. The van der Waals surface area contributed by atoms with Crippen LogP contribution in [0.2, 0.25) is 0 Å². The van der Waals surface area contributed by atoms with Crippen molar-refractivity contribution in [3.05, 3.63) is 30.1 Å². The molecule has 86 valence electrons. The highest BCUT2D eigenvalue weighted by Gasteiger charge is 2.05. The summed E-state index contributed by atoms with van der Waals surface area (Å²) in [7, 11) is 1.28. The van der Waals surface area contributed by atoms with E-state index in [9.17, 15) is 9.59 Å². The lowest BCUT2D eigenvalue weighted by Gasteiger charge is -2.03. The van der Waals surface area contributed by atoms with Gasteiger partial charge in [0, 0.05) is 18.3 Å². The quantitative estimate of drug-likeness (QED) is 0.728. The lowest BCUT2D eigenvalue weighted by molar-refractivity contribution is -0.141. The molecular formula is C11H14N2O3. The van der Waals surface area contributed by atoms with Crippen molar-refractivity contribution in [3.63, 3.8) is 0 Å². The highest BCUT2D eigenvalue weighted by molar-refractivity contribution is 5.81. The maximum absolute atomic E-state index is 11.3. The second-order valence-electron chi connectivity index (χ2n) is 3.17. The average Bonchev–Trinajstić information content (AvgIpc) is 2.34. The number of aromatic nitrogens is 1. The molecule has 0 aromatic carbocycles. The van der Waals surface area contributed by atoms with Crippen molar-refractivity contribution in [3.8, 4) is 0 Å². The molecule has 0 radical (unpaired) electrons. The van der Waals surface area contributed by atoms with Gasteiger partial charge in [-0.05, 0) is 18.6 Å². The summed E-state index contributed by atoms with van der Waals surface area (Å²) in [6, 6.07) is 5.54. The molecule has 1 rings (SSSR count). The van der Waals surface area contributed by atoms with Gasteiger partial charge in [-0.3, -0.25) is 14.6 Å². The van der Waals surface area contributed by atoms with Gasteiger partial charge >= 0.3 is 5.97 Å². The number of hydrogen-bond donors (Lipinski definition) is 1. The number of amides is 1. The van der Waals surface area contributed by atoms with Crippen LogP contribution in [0.3, 0.4) is 0 Å². The molecule has 0 unspecified atom stereocenters. The first kappa shape index (κ1) is 12.2. The van der Waals surface area contributed by atoms with Gasteiger partial charge in [0.25, 0.3) is 0 Å². The van der Waals surface area contributed by atoms with Gasteiger partial charge in [-0.2, -0.15) is 0 Å². The Bertz CT molecular complexity index is 352. The van der Waals surface area contributed by atoms with Crippen molar-refractivity contribution < 1.29 is 14.3 Å². The third-order valence-electron chi connectivity index (χ3n) is 1.99. The van der Waals surface area contributed by atoms with Gasteiger partial charge < -0.3 is 10.1 Å². The number of hydrogen-bond acceptors (Lipinski definition) is 4. The molecule has 0 fully saturated rings. The maximum atomic E-state index is 11.3. The normalized spacial score (nSPS) is 9.56. The van der Waals surface area contributed by atoms with Gasteiger partial charge in [-0.1, -0.05) is 6.07 Å². The van der Waals surface area contributed by atoms with Gasteiger partial charge in [0.05, 0.1) is 7.11 Å². The first-order valence-corrected chi connectivity index (χ1v) is 4.96. The summed E-state index contributed by atoms with van der Waals surface area (Å²) >= 11 is 0. The monoisotopic (exact) mass is 222 g/mol. The van der Waals surface area contributed by atoms with Crippen molar-refractivity contribution in [1.29, 1.82) is 0 Å². The molecule has 1 N–H and O–H groups in total. The highest BCUT2D eigenvalue weighted by atomic mass is 16.5. The first-order chi connectivity index (χ1) is 7.72. The summed E-state index contributed by atoms with van der Waals surface area (Å²) in [5.74, 6) is -0.637. The lowest BCUT2D eigenvalue weighted by Crippen LogP contribution is -2.30. The third kappa shape index (κ3) is 4.54.